The Morgan fingerprint density at radius 1 is 1.10 bits per heavy atom. The minimum absolute atomic E-state index is 0.283. The highest BCUT2D eigenvalue weighted by Gasteiger charge is 2.15. The van der Waals surface area contributed by atoms with Crippen LogP contribution in [-0.2, 0) is 14.3 Å². The van der Waals surface area contributed by atoms with Crippen molar-refractivity contribution in [3.8, 4) is 0 Å². The van der Waals surface area contributed by atoms with Gasteiger partial charge in [-0.05, 0) is 31.2 Å². The summed E-state index contributed by atoms with van der Waals surface area (Å²) >= 11 is 0. The maximum absolute atomic E-state index is 12.1. The van der Waals surface area contributed by atoms with Crippen molar-refractivity contribution in [2.45, 2.75) is 13.0 Å². The van der Waals surface area contributed by atoms with Gasteiger partial charge in [0.1, 0.15) is 16.9 Å². The van der Waals surface area contributed by atoms with E-state index in [1.54, 1.807) is 13.0 Å². The number of amides is 1. The molecule has 1 N–H and O–H groups in total. The average molecular weight is 390 g/mol. The largest absolute Gasteiger partial charge is 0.459 e. The minimum Gasteiger partial charge on any atom is -0.459 e. The molecular formula is C22H18N2O5. The maximum atomic E-state index is 12.1. The maximum Gasteiger partial charge on any atom is 0.331 e. The van der Waals surface area contributed by atoms with Crippen molar-refractivity contribution < 1.29 is 23.2 Å². The van der Waals surface area contributed by atoms with Gasteiger partial charge in [-0.1, -0.05) is 30.3 Å². The molecule has 29 heavy (non-hydrogen) atoms. The summed E-state index contributed by atoms with van der Waals surface area (Å²) in [6, 6.07) is 16.4. The van der Waals surface area contributed by atoms with Gasteiger partial charge in [0.2, 0.25) is 5.89 Å². The van der Waals surface area contributed by atoms with Crippen LogP contribution in [-0.4, -0.2) is 23.5 Å². The molecule has 0 fully saturated rings. The van der Waals surface area contributed by atoms with Crippen molar-refractivity contribution >= 4 is 40.0 Å². The van der Waals surface area contributed by atoms with Crippen molar-refractivity contribution in [2.24, 2.45) is 0 Å². The predicted molar refractivity (Wildman–Crippen MR) is 107 cm³/mol. The molecule has 0 aliphatic carbocycles. The van der Waals surface area contributed by atoms with Crippen LogP contribution in [0.2, 0.25) is 0 Å². The molecule has 1 amide bonds. The number of carbonyl (C=O) groups excluding carboxylic acids is 2. The Labute approximate surface area is 166 Å². The molecule has 0 radical (unpaired) electrons. The molecule has 0 saturated carbocycles. The lowest BCUT2D eigenvalue weighted by Crippen LogP contribution is -2.30. The number of rotatable bonds is 6. The molecule has 146 valence electrons. The fourth-order valence-electron chi connectivity index (χ4n) is 2.86. The Morgan fingerprint density at radius 3 is 2.66 bits per heavy atom. The zero-order chi connectivity index (χ0) is 20.2. The zero-order valence-electron chi connectivity index (χ0n) is 15.6. The van der Waals surface area contributed by atoms with E-state index in [9.17, 15) is 9.59 Å². The lowest BCUT2D eigenvalue weighted by molar-refractivity contribution is -0.144. The summed E-state index contributed by atoms with van der Waals surface area (Å²) in [5, 5.41) is 3.70. The number of fused-ring (bicyclic) bond motifs is 2. The number of carbonyl (C=O) groups is 2. The Kier molecular flexibility index (Phi) is 5.11. The molecule has 2 heterocycles. The molecule has 4 rings (SSSR count). The van der Waals surface area contributed by atoms with E-state index in [0.717, 1.165) is 11.0 Å². The third-order valence-corrected chi connectivity index (χ3v) is 4.27. The number of hydrogen-bond donors (Lipinski definition) is 1. The standard InChI is InChI=1S/C22H18N2O5/c1-14(19-12-15-6-2-4-8-17(15)28-19)23-20(25)13-27-22(26)11-10-21-24-16-7-3-5-9-18(16)29-21/h2-12,14H,13H2,1H3,(H,23,25)/b11-10+/t14-/m0/s1. The number of ether oxygens (including phenoxy) is 1. The Bertz CT molecular complexity index is 1140. The van der Waals surface area contributed by atoms with Gasteiger partial charge in [-0.2, -0.15) is 0 Å². The summed E-state index contributed by atoms with van der Waals surface area (Å²) < 4.78 is 16.2. The molecule has 0 saturated heterocycles. The van der Waals surface area contributed by atoms with Crippen molar-refractivity contribution in [3.63, 3.8) is 0 Å². The van der Waals surface area contributed by atoms with Gasteiger partial charge in [0.15, 0.2) is 12.2 Å². The first kappa shape index (κ1) is 18.5. The van der Waals surface area contributed by atoms with Gasteiger partial charge in [0, 0.05) is 17.5 Å². The minimum atomic E-state index is -0.668. The summed E-state index contributed by atoms with van der Waals surface area (Å²) in [4.78, 5) is 28.1. The van der Waals surface area contributed by atoms with Crippen molar-refractivity contribution in [3.05, 3.63) is 72.3 Å². The fraction of sp³-hybridized carbons (Fsp3) is 0.136. The number of nitrogens with one attached hydrogen (secondary N) is 1. The van der Waals surface area contributed by atoms with E-state index in [4.69, 9.17) is 13.6 Å². The van der Waals surface area contributed by atoms with Crippen LogP contribution in [0.3, 0.4) is 0 Å². The molecule has 0 aliphatic rings. The molecule has 1 atom stereocenters. The van der Waals surface area contributed by atoms with E-state index < -0.39 is 18.5 Å². The summed E-state index contributed by atoms with van der Waals surface area (Å²) in [7, 11) is 0. The number of para-hydroxylation sites is 3. The van der Waals surface area contributed by atoms with Gasteiger partial charge in [-0.3, -0.25) is 4.79 Å². The third-order valence-electron chi connectivity index (χ3n) is 4.27. The van der Waals surface area contributed by atoms with E-state index in [1.807, 2.05) is 48.5 Å². The normalized spacial score (nSPS) is 12.4. The topological polar surface area (TPSA) is 94.6 Å². The van der Waals surface area contributed by atoms with Gasteiger partial charge in [0.25, 0.3) is 5.91 Å². The van der Waals surface area contributed by atoms with E-state index in [1.165, 1.54) is 12.2 Å². The number of aromatic nitrogens is 1. The molecule has 7 nitrogen and oxygen atoms in total. The number of benzene rings is 2. The summed E-state index contributed by atoms with van der Waals surface area (Å²) in [6.45, 7) is 1.39. The first-order chi connectivity index (χ1) is 14.1. The average Bonchev–Trinajstić information content (AvgIpc) is 3.34. The van der Waals surface area contributed by atoms with Crippen LogP contribution in [0, 0.1) is 0 Å². The molecule has 2 aromatic heterocycles. The summed E-state index contributed by atoms with van der Waals surface area (Å²) in [6.07, 6.45) is 2.57. The highest BCUT2D eigenvalue weighted by Crippen LogP contribution is 2.23. The van der Waals surface area contributed by atoms with E-state index in [0.29, 0.717) is 16.9 Å². The molecule has 7 heteroatoms. The molecule has 0 spiro atoms. The quantitative estimate of drug-likeness (QED) is 0.395. The van der Waals surface area contributed by atoms with Crippen LogP contribution in [0.25, 0.3) is 28.1 Å². The number of nitrogens with zero attached hydrogens (tertiary/aromatic N) is 1. The second-order valence-corrected chi connectivity index (χ2v) is 6.44. The van der Waals surface area contributed by atoms with E-state index in [2.05, 4.69) is 10.3 Å². The van der Waals surface area contributed by atoms with E-state index >= 15 is 0 Å². The van der Waals surface area contributed by atoms with Crippen LogP contribution in [0.4, 0.5) is 0 Å². The van der Waals surface area contributed by atoms with Crippen molar-refractivity contribution in [1.82, 2.24) is 10.3 Å². The number of furan rings is 1. The number of esters is 1. The highest BCUT2D eigenvalue weighted by atomic mass is 16.5. The zero-order valence-corrected chi connectivity index (χ0v) is 15.6. The van der Waals surface area contributed by atoms with Crippen LogP contribution < -0.4 is 5.32 Å². The van der Waals surface area contributed by atoms with Crippen LogP contribution in [0.15, 0.2) is 69.5 Å². The highest BCUT2D eigenvalue weighted by molar-refractivity contribution is 5.89. The third kappa shape index (κ3) is 4.35. The molecular weight excluding hydrogens is 372 g/mol. The second kappa shape index (κ2) is 8.02. The van der Waals surface area contributed by atoms with Crippen LogP contribution in [0.5, 0.6) is 0 Å². The smallest absolute Gasteiger partial charge is 0.331 e. The number of hydrogen-bond acceptors (Lipinski definition) is 6. The lowest BCUT2D eigenvalue weighted by Gasteiger charge is -2.11. The van der Waals surface area contributed by atoms with Gasteiger partial charge in [-0.25, -0.2) is 9.78 Å². The lowest BCUT2D eigenvalue weighted by atomic mass is 10.2. The SMILES string of the molecule is C[C@H](NC(=O)COC(=O)/C=C/c1nc2ccccc2o1)c1cc2ccccc2o1. The van der Waals surface area contributed by atoms with Crippen LogP contribution >= 0.6 is 0 Å². The summed E-state index contributed by atoms with van der Waals surface area (Å²) in [5.74, 6) is -0.187. The molecule has 0 unspecified atom stereocenters. The number of oxazole rings is 1. The second-order valence-electron chi connectivity index (χ2n) is 6.44. The van der Waals surface area contributed by atoms with Gasteiger partial charge < -0.3 is 18.9 Å². The molecule has 0 bridgehead atoms. The van der Waals surface area contributed by atoms with Crippen molar-refractivity contribution in [1.29, 1.82) is 0 Å². The Morgan fingerprint density at radius 2 is 1.86 bits per heavy atom. The fourth-order valence-corrected chi connectivity index (χ4v) is 2.86. The molecule has 2 aromatic carbocycles. The monoisotopic (exact) mass is 390 g/mol. The predicted octanol–water partition coefficient (Wildman–Crippen LogP) is 4.01. The summed E-state index contributed by atoms with van der Waals surface area (Å²) in [5.41, 5.74) is 2.07. The van der Waals surface area contributed by atoms with Gasteiger partial charge in [-0.15, -0.1) is 0 Å². The van der Waals surface area contributed by atoms with Crippen LogP contribution in [0.1, 0.15) is 24.6 Å². The Balaban J connectivity index is 1.28. The molecule has 4 aromatic rings. The molecule has 0 aliphatic heterocycles. The van der Waals surface area contributed by atoms with Gasteiger partial charge in [0.05, 0.1) is 6.04 Å². The Hall–Kier alpha value is -3.87. The van der Waals surface area contributed by atoms with Gasteiger partial charge >= 0.3 is 5.97 Å². The first-order valence-electron chi connectivity index (χ1n) is 9.07. The van der Waals surface area contributed by atoms with E-state index in [-0.39, 0.29) is 11.9 Å². The first-order valence-corrected chi connectivity index (χ1v) is 9.07. The van der Waals surface area contributed by atoms with Crippen molar-refractivity contribution in [2.75, 3.05) is 6.61 Å².